The average molecular weight is 473 g/mol. The topological polar surface area (TPSA) is 66.5 Å². The molecule has 6 heteroatoms. The number of ketones is 1. The third kappa shape index (κ3) is 6.77. The highest BCUT2D eigenvalue weighted by atomic mass is 19.1. The second-order valence-electron chi connectivity index (χ2n) is 9.19. The lowest BCUT2D eigenvalue weighted by molar-refractivity contribution is -0.128. The zero-order chi connectivity index (χ0) is 25.3. The Morgan fingerprint density at radius 2 is 1.71 bits per heavy atom. The van der Waals surface area contributed by atoms with Gasteiger partial charge in [-0.05, 0) is 62.5 Å². The predicted octanol–water partition coefficient (Wildman–Crippen LogP) is 5.79. The standard InChI is InChI=1S/C26H35FN2O3.C2H6/c1-4-17(2)26(32)29-15-13-19(14-16-29)21-11-8-12-22(23(21)27)25(31)28-24(18(3)30)20-9-6-5-7-10-20;1-2/h8,11-12,19-20,24H,2,4-7,9-10,13-16H2,1,3H3,(H,28,31);1-2H3. The molecule has 1 N–H and O–H groups in total. The van der Waals surface area contributed by atoms with Crippen LogP contribution in [0.25, 0.3) is 0 Å². The molecule has 1 atom stereocenters. The smallest absolute Gasteiger partial charge is 0.254 e. The van der Waals surface area contributed by atoms with E-state index in [-0.39, 0.29) is 29.1 Å². The second-order valence-corrected chi connectivity index (χ2v) is 9.19. The van der Waals surface area contributed by atoms with E-state index in [2.05, 4.69) is 11.9 Å². The highest BCUT2D eigenvalue weighted by Crippen LogP contribution is 2.32. The number of hydrogen-bond donors (Lipinski definition) is 1. The Bertz CT molecular complexity index is 868. The van der Waals surface area contributed by atoms with Crippen molar-refractivity contribution in [3.8, 4) is 0 Å². The Balaban J connectivity index is 0.00000199. The number of carbonyl (C=O) groups excluding carboxylic acids is 3. The first kappa shape index (κ1) is 27.7. The average Bonchev–Trinajstić information content (AvgIpc) is 2.88. The first-order valence-electron chi connectivity index (χ1n) is 12.9. The molecule has 1 unspecified atom stereocenters. The number of carbonyl (C=O) groups is 3. The van der Waals surface area contributed by atoms with Crippen LogP contribution >= 0.6 is 0 Å². The molecule has 1 aromatic rings. The third-order valence-electron chi connectivity index (χ3n) is 7.07. The summed E-state index contributed by atoms with van der Waals surface area (Å²) in [7, 11) is 0. The minimum Gasteiger partial charge on any atom is -0.342 e. The quantitative estimate of drug-likeness (QED) is 0.511. The Morgan fingerprint density at radius 1 is 1.09 bits per heavy atom. The summed E-state index contributed by atoms with van der Waals surface area (Å²) < 4.78 is 15.4. The normalized spacial score (nSPS) is 17.9. The molecule has 0 aromatic heterocycles. The van der Waals surface area contributed by atoms with Crippen molar-refractivity contribution < 1.29 is 18.8 Å². The number of likely N-dealkylation sites (tertiary alicyclic amines) is 1. The van der Waals surface area contributed by atoms with Crippen LogP contribution in [0.5, 0.6) is 0 Å². The van der Waals surface area contributed by atoms with E-state index in [1.165, 1.54) is 13.0 Å². The SMILES string of the molecule is C=C(CC)C(=O)N1CCC(c2cccc(C(=O)NC(C(C)=O)C3CCCCC3)c2F)CC1.CC. The molecular weight excluding hydrogens is 431 g/mol. The molecule has 5 nitrogen and oxygen atoms in total. The van der Waals surface area contributed by atoms with Crippen LogP contribution in [0.1, 0.15) is 101 Å². The summed E-state index contributed by atoms with van der Waals surface area (Å²) in [6, 6.07) is 4.35. The number of nitrogens with zero attached hydrogens (tertiary/aromatic N) is 1. The van der Waals surface area contributed by atoms with Gasteiger partial charge in [0.15, 0.2) is 5.78 Å². The van der Waals surface area contributed by atoms with Gasteiger partial charge in [-0.3, -0.25) is 14.4 Å². The molecule has 2 aliphatic rings. The zero-order valence-corrected chi connectivity index (χ0v) is 21.3. The number of rotatable bonds is 7. The molecule has 1 aromatic carbocycles. The van der Waals surface area contributed by atoms with Crippen LogP contribution in [0.15, 0.2) is 30.4 Å². The lowest BCUT2D eigenvalue weighted by atomic mass is 9.82. The highest BCUT2D eigenvalue weighted by molar-refractivity contribution is 5.98. The summed E-state index contributed by atoms with van der Waals surface area (Å²) in [5.41, 5.74) is 1.09. The van der Waals surface area contributed by atoms with Gasteiger partial charge >= 0.3 is 0 Å². The number of benzene rings is 1. The van der Waals surface area contributed by atoms with Gasteiger partial charge in [-0.2, -0.15) is 0 Å². The van der Waals surface area contributed by atoms with E-state index in [0.29, 0.717) is 43.5 Å². The summed E-state index contributed by atoms with van der Waals surface area (Å²) >= 11 is 0. The Labute approximate surface area is 204 Å². The molecule has 0 radical (unpaired) electrons. The summed E-state index contributed by atoms with van der Waals surface area (Å²) in [5.74, 6) is -1.08. The molecule has 1 saturated carbocycles. The molecule has 1 aliphatic carbocycles. The van der Waals surface area contributed by atoms with Crippen molar-refractivity contribution in [2.24, 2.45) is 5.92 Å². The largest absolute Gasteiger partial charge is 0.342 e. The number of nitrogens with one attached hydrogen (secondary N) is 1. The first-order valence-corrected chi connectivity index (χ1v) is 12.9. The van der Waals surface area contributed by atoms with Crippen molar-refractivity contribution in [2.45, 2.75) is 91.0 Å². The van der Waals surface area contributed by atoms with Crippen molar-refractivity contribution in [1.29, 1.82) is 0 Å². The number of halogens is 1. The molecular formula is C28H41FN2O3. The molecule has 1 aliphatic heterocycles. The fraction of sp³-hybridized carbons (Fsp3) is 0.607. The maximum absolute atomic E-state index is 15.4. The lowest BCUT2D eigenvalue weighted by Crippen LogP contribution is -2.46. The Morgan fingerprint density at radius 3 is 2.26 bits per heavy atom. The molecule has 2 fully saturated rings. The van der Waals surface area contributed by atoms with Crippen molar-refractivity contribution in [2.75, 3.05) is 13.1 Å². The fourth-order valence-electron chi connectivity index (χ4n) is 5.05. The van der Waals surface area contributed by atoms with Crippen LogP contribution in [0, 0.1) is 11.7 Å². The van der Waals surface area contributed by atoms with Crippen LogP contribution in [0.3, 0.4) is 0 Å². The van der Waals surface area contributed by atoms with E-state index in [4.69, 9.17) is 0 Å². The van der Waals surface area contributed by atoms with Crippen molar-refractivity contribution in [3.05, 3.63) is 47.3 Å². The van der Waals surface area contributed by atoms with E-state index in [0.717, 1.165) is 32.1 Å². The van der Waals surface area contributed by atoms with Gasteiger partial charge in [0.05, 0.1) is 11.6 Å². The molecule has 3 rings (SSSR count). The molecule has 0 bridgehead atoms. The van der Waals surface area contributed by atoms with Gasteiger partial charge in [0.1, 0.15) is 5.82 Å². The van der Waals surface area contributed by atoms with Crippen LogP contribution in [0.2, 0.25) is 0 Å². The van der Waals surface area contributed by atoms with Gasteiger partial charge in [0, 0.05) is 18.7 Å². The number of Topliss-reactive ketones (excluding diaryl/α,β-unsaturated/α-hetero) is 1. The van der Waals surface area contributed by atoms with Gasteiger partial charge in [0.2, 0.25) is 5.91 Å². The molecule has 2 amide bonds. The minimum atomic E-state index is -0.563. The second kappa shape index (κ2) is 13.4. The molecule has 188 valence electrons. The van der Waals surface area contributed by atoms with Crippen molar-refractivity contribution in [3.63, 3.8) is 0 Å². The van der Waals surface area contributed by atoms with Crippen LogP contribution in [-0.4, -0.2) is 41.6 Å². The van der Waals surface area contributed by atoms with Crippen LogP contribution in [0.4, 0.5) is 4.39 Å². The zero-order valence-electron chi connectivity index (χ0n) is 21.3. The van der Waals surface area contributed by atoms with Gasteiger partial charge in [-0.25, -0.2) is 4.39 Å². The van der Waals surface area contributed by atoms with E-state index >= 15 is 4.39 Å². The summed E-state index contributed by atoms with van der Waals surface area (Å²) in [6.07, 6.45) is 6.99. The lowest BCUT2D eigenvalue weighted by Gasteiger charge is -2.33. The van der Waals surface area contributed by atoms with Gasteiger partial charge in [-0.15, -0.1) is 0 Å². The fourth-order valence-corrected chi connectivity index (χ4v) is 5.05. The van der Waals surface area contributed by atoms with E-state index in [1.54, 1.807) is 17.0 Å². The van der Waals surface area contributed by atoms with E-state index < -0.39 is 17.8 Å². The maximum Gasteiger partial charge on any atom is 0.254 e. The predicted molar refractivity (Wildman–Crippen MR) is 134 cm³/mol. The highest BCUT2D eigenvalue weighted by Gasteiger charge is 2.31. The van der Waals surface area contributed by atoms with Crippen LogP contribution < -0.4 is 5.32 Å². The number of piperidine rings is 1. The van der Waals surface area contributed by atoms with E-state index in [9.17, 15) is 14.4 Å². The number of amides is 2. The Hall–Kier alpha value is -2.50. The first-order chi connectivity index (χ1) is 16.3. The van der Waals surface area contributed by atoms with E-state index in [1.807, 2.05) is 20.8 Å². The molecule has 34 heavy (non-hydrogen) atoms. The third-order valence-corrected chi connectivity index (χ3v) is 7.07. The molecule has 1 heterocycles. The summed E-state index contributed by atoms with van der Waals surface area (Å²) in [5, 5.41) is 2.82. The molecule has 1 saturated heterocycles. The number of hydrogen-bond acceptors (Lipinski definition) is 3. The monoisotopic (exact) mass is 472 g/mol. The van der Waals surface area contributed by atoms with Gasteiger partial charge < -0.3 is 10.2 Å². The minimum absolute atomic E-state index is 0.0116. The molecule has 0 spiro atoms. The van der Waals surface area contributed by atoms with Gasteiger partial charge in [0.25, 0.3) is 5.91 Å². The van der Waals surface area contributed by atoms with Gasteiger partial charge in [-0.1, -0.05) is 58.7 Å². The summed E-state index contributed by atoms with van der Waals surface area (Å²) in [6.45, 7) is 12.3. The van der Waals surface area contributed by atoms with Crippen molar-refractivity contribution >= 4 is 17.6 Å². The Kier molecular flexibility index (Phi) is 10.9. The maximum atomic E-state index is 15.4. The summed E-state index contributed by atoms with van der Waals surface area (Å²) in [4.78, 5) is 39.3. The van der Waals surface area contributed by atoms with Crippen molar-refractivity contribution in [1.82, 2.24) is 10.2 Å². The van der Waals surface area contributed by atoms with Crippen LogP contribution in [-0.2, 0) is 9.59 Å².